The molecule has 0 saturated carbocycles. The Morgan fingerprint density at radius 2 is 2.36 bits per heavy atom. The van der Waals surface area contributed by atoms with Crippen molar-refractivity contribution in [1.29, 1.82) is 0 Å². The average Bonchev–Trinajstić information content (AvgIpc) is 2.44. The van der Waals surface area contributed by atoms with Gasteiger partial charge in [-0.3, -0.25) is 0 Å². The highest BCUT2D eigenvalue weighted by Crippen LogP contribution is 2.30. The van der Waals surface area contributed by atoms with Crippen LogP contribution in [0.1, 0.15) is 19.8 Å². The predicted molar refractivity (Wildman–Crippen MR) is 57.6 cm³/mol. The van der Waals surface area contributed by atoms with Gasteiger partial charge in [0.05, 0.1) is 0 Å². The number of nitrogens with one attached hydrogen (secondary N) is 1. The summed E-state index contributed by atoms with van der Waals surface area (Å²) < 4.78 is 0. The Hall–Kier alpha value is -1.44. The van der Waals surface area contributed by atoms with Gasteiger partial charge in [-0.05, 0) is 30.2 Å². The number of fused-ring (bicyclic) bond motifs is 1. The van der Waals surface area contributed by atoms with Crippen molar-refractivity contribution >= 4 is 0 Å². The molecule has 1 aliphatic heterocycles. The van der Waals surface area contributed by atoms with Crippen molar-refractivity contribution < 1.29 is 5.11 Å². The maximum atomic E-state index is 9.51. The lowest BCUT2D eigenvalue weighted by molar-refractivity contribution is 0.428. The Balaban J connectivity index is 2.25. The van der Waals surface area contributed by atoms with Crippen LogP contribution in [0.4, 0.5) is 0 Å². The van der Waals surface area contributed by atoms with E-state index >= 15 is 0 Å². The van der Waals surface area contributed by atoms with Crippen LogP contribution < -0.4 is 5.32 Å². The van der Waals surface area contributed by atoms with E-state index in [-0.39, 0.29) is 5.92 Å². The highest BCUT2D eigenvalue weighted by Gasteiger charge is 2.22. The van der Waals surface area contributed by atoms with Gasteiger partial charge in [-0.25, -0.2) is 0 Å². The molecule has 0 fully saturated rings. The zero-order valence-corrected chi connectivity index (χ0v) is 8.33. The summed E-state index contributed by atoms with van der Waals surface area (Å²) in [6.45, 7) is 2.17. The molecule has 0 amide bonds. The molecular formula is C12H15NO. The number of aliphatic hydroxyl groups excluding tert-OH is 1. The van der Waals surface area contributed by atoms with Gasteiger partial charge in [0.2, 0.25) is 0 Å². The van der Waals surface area contributed by atoms with Gasteiger partial charge < -0.3 is 10.4 Å². The van der Waals surface area contributed by atoms with E-state index in [1.54, 1.807) is 6.08 Å². The monoisotopic (exact) mass is 189 g/mol. The molecule has 2 N–H and O–H groups in total. The van der Waals surface area contributed by atoms with E-state index in [0.717, 1.165) is 18.5 Å². The summed E-state index contributed by atoms with van der Waals surface area (Å²) in [7, 11) is 0. The van der Waals surface area contributed by atoms with Crippen molar-refractivity contribution in [3.8, 4) is 0 Å². The number of hydrogen-bond donors (Lipinski definition) is 2. The van der Waals surface area contributed by atoms with Crippen LogP contribution in [0.5, 0.6) is 0 Å². The third-order valence-electron chi connectivity index (χ3n) is 2.58. The second-order valence-corrected chi connectivity index (χ2v) is 3.66. The third kappa shape index (κ3) is 1.60. The number of rotatable bonds is 2. The maximum absolute atomic E-state index is 9.51. The quantitative estimate of drug-likeness (QED) is 0.700. The van der Waals surface area contributed by atoms with E-state index in [2.05, 4.69) is 18.4 Å². The first-order valence-electron chi connectivity index (χ1n) is 5.05. The van der Waals surface area contributed by atoms with Crippen LogP contribution in [0.3, 0.4) is 0 Å². The van der Waals surface area contributed by atoms with Crippen LogP contribution in [0.2, 0.25) is 0 Å². The van der Waals surface area contributed by atoms with E-state index in [4.69, 9.17) is 0 Å². The van der Waals surface area contributed by atoms with Crippen molar-refractivity contribution in [3.05, 3.63) is 47.5 Å². The first-order valence-corrected chi connectivity index (χ1v) is 5.05. The lowest BCUT2D eigenvalue weighted by Crippen LogP contribution is -2.05. The summed E-state index contributed by atoms with van der Waals surface area (Å²) in [4.78, 5) is 0. The molecule has 0 spiro atoms. The fourth-order valence-electron chi connectivity index (χ4n) is 1.90. The minimum atomic E-state index is 0.255. The smallest absolute Gasteiger partial charge is 0.112 e. The molecule has 0 saturated heterocycles. The topological polar surface area (TPSA) is 32.3 Å². The Kier molecular flexibility index (Phi) is 2.44. The lowest BCUT2D eigenvalue weighted by atomic mass is 9.95. The molecule has 2 rings (SSSR count). The van der Waals surface area contributed by atoms with Crippen LogP contribution in [0.15, 0.2) is 47.5 Å². The van der Waals surface area contributed by atoms with E-state index in [1.165, 1.54) is 5.57 Å². The zero-order valence-electron chi connectivity index (χ0n) is 8.33. The van der Waals surface area contributed by atoms with Crippen LogP contribution >= 0.6 is 0 Å². The average molecular weight is 189 g/mol. The van der Waals surface area contributed by atoms with Gasteiger partial charge in [0.15, 0.2) is 0 Å². The van der Waals surface area contributed by atoms with Gasteiger partial charge in [-0.1, -0.05) is 19.4 Å². The summed E-state index contributed by atoms with van der Waals surface area (Å²) in [6.07, 6.45) is 11.8. The van der Waals surface area contributed by atoms with Gasteiger partial charge in [-0.2, -0.15) is 0 Å². The molecule has 0 aromatic heterocycles. The van der Waals surface area contributed by atoms with Crippen LogP contribution in [0, 0.1) is 5.92 Å². The molecule has 14 heavy (non-hydrogen) atoms. The number of aliphatic hydroxyl groups is 1. The number of allylic oxidation sites excluding steroid dienone is 4. The molecule has 0 radical (unpaired) electrons. The van der Waals surface area contributed by atoms with E-state index in [1.807, 2.05) is 18.2 Å². The Morgan fingerprint density at radius 1 is 1.50 bits per heavy atom. The zero-order chi connectivity index (χ0) is 9.97. The second-order valence-electron chi connectivity index (χ2n) is 3.66. The van der Waals surface area contributed by atoms with E-state index < -0.39 is 0 Å². The number of hydrogen-bond acceptors (Lipinski definition) is 2. The molecular weight excluding hydrogens is 174 g/mol. The van der Waals surface area contributed by atoms with E-state index in [0.29, 0.717) is 5.76 Å². The molecule has 2 aliphatic rings. The normalized spacial score (nSPS) is 24.4. The van der Waals surface area contributed by atoms with Crippen molar-refractivity contribution in [2.45, 2.75) is 19.8 Å². The van der Waals surface area contributed by atoms with Crippen LogP contribution in [0.25, 0.3) is 0 Å². The SMILES string of the molecule is CCCC1=CNC2=CC=CC(O)=CC12. The summed E-state index contributed by atoms with van der Waals surface area (Å²) in [5, 5.41) is 12.8. The Bertz CT molecular complexity index is 347. The Morgan fingerprint density at radius 3 is 3.14 bits per heavy atom. The molecule has 0 aromatic carbocycles. The Labute approximate surface area is 84.3 Å². The van der Waals surface area contributed by atoms with Crippen molar-refractivity contribution in [2.75, 3.05) is 0 Å². The fraction of sp³-hybridized carbons (Fsp3) is 0.333. The second kappa shape index (κ2) is 3.74. The van der Waals surface area contributed by atoms with Gasteiger partial charge in [0, 0.05) is 17.8 Å². The molecule has 1 unspecified atom stereocenters. The molecule has 0 aromatic rings. The van der Waals surface area contributed by atoms with Crippen molar-refractivity contribution in [1.82, 2.24) is 5.32 Å². The minimum absolute atomic E-state index is 0.255. The summed E-state index contributed by atoms with van der Waals surface area (Å²) in [5.41, 5.74) is 2.52. The van der Waals surface area contributed by atoms with Crippen molar-refractivity contribution in [2.24, 2.45) is 5.92 Å². The molecule has 74 valence electrons. The van der Waals surface area contributed by atoms with Gasteiger partial charge in [-0.15, -0.1) is 0 Å². The third-order valence-corrected chi connectivity index (χ3v) is 2.58. The fourth-order valence-corrected chi connectivity index (χ4v) is 1.90. The standard InChI is InChI=1S/C12H15NO/c1-2-4-9-8-13-12-6-3-5-10(14)7-11(9)12/h3,5-8,11,13-14H,2,4H2,1H3. The predicted octanol–water partition coefficient (Wildman–Crippen LogP) is 2.79. The van der Waals surface area contributed by atoms with Gasteiger partial charge >= 0.3 is 0 Å². The molecule has 1 atom stereocenters. The maximum Gasteiger partial charge on any atom is 0.112 e. The molecule has 1 heterocycles. The van der Waals surface area contributed by atoms with Gasteiger partial charge in [0.25, 0.3) is 0 Å². The van der Waals surface area contributed by atoms with Gasteiger partial charge in [0.1, 0.15) is 5.76 Å². The molecule has 1 aliphatic carbocycles. The largest absolute Gasteiger partial charge is 0.508 e. The first-order chi connectivity index (χ1) is 6.81. The summed E-state index contributed by atoms with van der Waals surface area (Å²) in [6, 6.07) is 0. The molecule has 2 heteroatoms. The summed E-state index contributed by atoms with van der Waals surface area (Å²) >= 11 is 0. The minimum Gasteiger partial charge on any atom is -0.508 e. The molecule has 2 nitrogen and oxygen atoms in total. The van der Waals surface area contributed by atoms with E-state index in [9.17, 15) is 5.11 Å². The molecule has 0 bridgehead atoms. The van der Waals surface area contributed by atoms with Crippen LogP contribution in [-0.4, -0.2) is 5.11 Å². The highest BCUT2D eigenvalue weighted by molar-refractivity contribution is 5.39. The van der Waals surface area contributed by atoms with Crippen LogP contribution in [-0.2, 0) is 0 Å². The first kappa shape index (κ1) is 9.13. The summed E-state index contributed by atoms with van der Waals surface area (Å²) in [5.74, 6) is 0.608. The van der Waals surface area contributed by atoms with Crippen molar-refractivity contribution in [3.63, 3.8) is 0 Å². The lowest BCUT2D eigenvalue weighted by Gasteiger charge is -2.10. The highest BCUT2D eigenvalue weighted by atomic mass is 16.3.